The van der Waals surface area contributed by atoms with E-state index in [1.165, 1.54) is 0 Å². The maximum absolute atomic E-state index is 11.1. The molecule has 23 nitrogen and oxygen atoms in total. The standard InChI is InChI=1S/C23H46N6O13.H3O4P/c24-2-7-13(32)15(34)10(28)21(37-7)40-18-6(27)1-5(26)12(31)20(18)42-23-17(36)19(9(4-30)39-23)41-22-11(29)16(35)14(33)8(3-25)38-22;1-5(2,3)4/h5-23,30-36H,1-4,24-29H2;(H3,1,2,3,4)/t5-,6+,7-,8+,9-,10-,11-,12+,13-,14-,15-,16-,17-,18-,19-,20-,21-,22-,23+;/m1./s1. The molecular formula is C23H49N6O17P. The molecule has 4 aliphatic rings. The molecule has 0 unspecified atom stereocenters. The summed E-state index contributed by atoms with van der Waals surface area (Å²) in [7, 11) is -4.64. The van der Waals surface area contributed by atoms with Gasteiger partial charge in [0.2, 0.25) is 0 Å². The van der Waals surface area contributed by atoms with Crippen LogP contribution in [-0.4, -0.2) is 186 Å². The number of ether oxygens (including phenoxy) is 6. The summed E-state index contributed by atoms with van der Waals surface area (Å²) in [6, 6.07) is -4.18. The lowest BCUT2D eigenvalue weighted by Gasteiger charge is -2.47. The first-order chi connectivity index (χ1) is 21.8. The van der Waals surface area contributed by atoms with Crippen LogP contribution in [0.5, 0.6) is 0 Å². The van der Waals surface area contributed by atoms with Crippen LogP contribution in [0.25, 0.3) is 0 Å². The van der Waals surface area contributed by atoms with E-state index in [4.69, 9.17) is 82.1 Å². The third-order valence-electron chi connectivity index (χ3n) is 8.37. The SMILES string of the molecule is NC[C@@H]1O[C@H](O[C@H]2[C@@H](O)[C@H](O[C@@H]3[C@@H](O)[C@H](N)C[C@H](N)[C@H]3O[C@H]3O[C@H](CN)[C@@H](O)[C@H](O)[C@H]3N)O[C@@H]2CO)[C@H](N)[C@@H](O)[C@@H]1O.O=P(O)(O)O. The first kappa shape index (κ1) is 40.8. The zero-order valence-corrected chi connectivity index (χ0v) is 25.9. The van der Waals surface area contributed by atoms with E-state index in [1.807, 2.05) is 0 Å². The van der Waals surface area contributed by atoms with Crippen molar-refractivity contribution in [3.8, 4) is 0 Å². The maximum atomic E-state index is 11.1. The third kappa shape index (κ3) is 9.78. The number of aliphatic hydroxyl groups is 7. The quantitative estimate of drug-likeness (QED) is 0.0986. The van der Waals surface area contributed by atoms with Crippen LogP contribution in [0.15, 0.2) is 0 Å². The second kappa shape index (κ2) is 17.0. The molecule has 24 heteroatoms. The molecule has 0 aromatic carbocycles. The molecule has 0 aromatic rings. The highest BCUT2D eigenvalue weighted by Crippen LogP contribution is 2.34. The molecule has 3 aliphatic heterocycles. The lowest BCUT2D eigenvalue weighted by molar-refractivity contribution is -0.306. The van der Waals surface area contributed by atoms with Crippen molar-refractivity contribution < 1.29 is 83.4 Å². The van der Waals surface area contributed by atoms with Crippen molar-refractivity contribution >= 4 is 7.82 Å². The van der Waals surface area contributed by atoms with Gasteiger partial charge in [0, 0.05) is 25.2 Å². The van der Waals surface area contributed by atoms with Crippen LogP contribution in [-0.2, 0) is 33.0 Å². The minimum absolute atomic E-state index is 0.0889. The Morgan fingerprint density at radius 1 is 0.574 bits per heavy atom. The van der Waals surface area contributed by atoms with E-state index in [-0.39, 0.29) is 19.5 Å². The van der Waals surface area contributed by atoms with Crippen molar-refractivity contribution in [3.63, 3.8) is 0 Å². The lowest BCUT2D eigenvalue weighted by atomic mass is 9.84. The van der Waals surface area contributed by atoms with E-state index in [2.05, 4.69) is 0 Å². The number of hydrogen-bond donors (Lipinski definition) is 16. The Morgan fingerprint density at radius 2 is 0.979 bits per heavy atom. The van der Waals surface area contributed by atoms with Crippen molar-refractivity contribution in [2.24, 2.45) is 34.4 Å². The van der Waals surface area contributed by atoms with Crippen LogP contribution in [0.3, 0.4) is 0 Å². The molecule has 3 saturated heterocycles. The number of rotatable bonds is 9. The van der Waals surface area contributed by atoms with Crippen molar-refractivity contribution in [2.45, 2.75) is 123 Å². The molecule has 19 atom stereocenters. The second-order valence-corrected chi connectivity index (χ2v) is 12.8. The highest BCUT2D eigenvalue weighted by atomic mass is 31.2. The van der Waals surface area contributed by atoms with Gasteiger partial charge in [0.15, 0.2) is 18.9 Å². The minimum atomic E-state index is -4.64. The summed E-state index contributed by atoms with van der Waals surface area (Å²) >= 11 is 0. The van der Waals surface area contributed by atoms with Crippen LogP contribution >= 0.6 is 7.82 Å². The molecule has 0 aromatic heterocycles. The van der Waals surface area contributed by atoms with Crippen LogP contribution in [0, 0.1) is 0 Å². The fourth-order valence-corrected chi connectivity index (χ4v) is 5.74. The summed E-state index contributed by atoms with van der Waals surface area (Å²) < 4.78 is 43.5. The van der Waals surface area contributed by atoms with Gasteiger partial charge < -0.3 is 113 Å². The maximum Gasteiger partial charge on any atom is 0.466 e. The number of hydrogen-bond acceptors (Lipinski definition) is 20. The summed E-state index contributed by atoms with van der Waals surface area (Å²) in [6.07, 6.45) is -19.8. The van der Waals surface area contributed by atoms with Gasteiger partial charge in [-0.15, -0.1) is 0 Å². The third-order valence-corrected chi connectivity index (χ3v) is 8.37. The van der Waals surface area contributed by atoms with Crippen LogP contribution in [0.2, 0.25) is 0 Å². The Bertz CT molecular complexity index is 1010. The van der Waals surface area contributed by atoms with E-state index < -0.39 is 131 Å². The van der Waals surface area contributed by atoms with Crippen LogP contribution in [0.1, 0.15) is 6.42 Å². The molecule has 0 spiro atoms. The average molecular weight is 713 g/mol. The van der Waals surface area contributed by atoms with Gasteiger partial charge in [-0.05, 0) is 6.42 Å². The van der Waals surface area contributed by atoms with Gasteiger partial charge in [0.05, 0.1) is 24.8 Å². The van der Waals surface area contributed by atoms with Crippen LogP contribution in [0.4, 0.5) is 0 Å². The number of phosphoric acid groups is 1. The largest absolute Gasteiger partial charge is 0.466 e. The Balaban J connectivity index is 0.00000111. The first-order valence-corrected chi connectivity index (χ1v) is 16.2. The molecule has 278 valence electrons. The minimum Gasteiger partial charge on any atom is -0.394 e. The highest BCUT2D eigenvalue weighted by Gasteiger charge is 2.54. The number of aliphatic hydroxyl groups excluding tert-OH is 7. The van der Waals surface area contributed by atoms with Gasteiger partial charge in [0.25, 0.3) is 0 Å². The first-order valence-electron chi connectivity index (χ1n) is 14.7. The molecule has 1 aliphatic carbocycles. The highest BCUT2D eigenvalue weighted by molar-refractivity contribution is 7.45. The summed E-state index contributed by atoms with van der Waals surface area (Å²) in [5.41, 5.74) is 35.6. The van der Waals surface area contributed by atoms with Gasteiger partial charge in [0.1, 0.15) is 67.1 Å². The molecule has 1 saturated carbocycles. The fourth-order valence-electron chi connectivity index (χ4n) is 5.74. The van der Waals surface area contributed by atoms with Crippen molar-refractivity contribution in [1.82, 2.24) is 0 Å². The monoisotopic (exact) mass is 712 g/mol. The van der Waals surface area contributed by atoms with Gasteiger partial charge in [-0.1, -0.05) is 0 Å². The number of nitrogens with two attached hydrogens (primary N) is 6. The molecule has 0 amide bonds. The summed E-state index contributed by atoms with van der Waals surface area (Å²) in [5.74, 6) is 0. The molecule has 0 radical (unpaired) electrons. The molecular weight excluding hydrogens is 663 g/mol. The lowest BCUT2D eigenvalue weighted by Crippen LogP contribution is -2.68. The predicted octanol–water partition coefficient (Wildman–Crippen LogP) is -9.82. The Morgan fingerprint density at radius 3 is 1.40 bits per heavy atom. The smallest absolute Gasteiger partial charge is 0.394 e. The van der Waals surface area contributed by atoms with Crippen molar-refractivity contribution in [2.75, 3.05) is 19.7 Å². The van der Waals surface area contributed by atoms with Gasteiger partial charge in [-0.3, -0.25) is 0 Å². The van der Waals surface area contributed by atoms with Crippen molar-refractivity contribution in [1.29, 1.82) is 0 Å². The molecule has 0 bridgehead atoms. The van der Waals surface area contributed by atoms with Gasteiger partial charge >= 0.3 is 7.82 Å². The predicted molar refractivity (Wildman–Crippen MR) is 153 cm³/mol. The normalized spacial score (nSPS) is 49.3. The molecule has 47 heavy (non-hydrogen) atoms. The summed E-state index contributed by atoms with van der Waals surface area (Å²) in [4.78, 5) is 21.6. The van der Waals surface area contributed by atoms with E-state index in [0.29, 0.717) is 0 Å². The van der Waals surface area contributed by atoms with Crippen molar-refractivity contribution in [3.05, 3.63) is 0 Å². The van der Waals surface area contributed by atoms with Crippen LogP contribution < -0.4 is 34.4 Å². The molecule has 3 heterocycles. The Labute approximate surface area is 268 Å². The van der Waals surface area contributed by atoms with Gasteiger partial charge in [-0.2, -0.15) is 0 Å². The molecule has 4 rings (SSSR count). The van der Waals surface area contributed by atoms with E-state index in [0.717, 1.165) is 0 Å². The Kier molecular flexibility index (Phi) is 14.8. The van der Waals surface area contributed by atoms with E-state index in [1.54, 1.807) is 0 Å². The zero-order chi connectivity index (χ0) is 35.5. The van der Waals surface area contributed by atoms with E-state index in [9.17, 15) is 35.7 Å². The fraction of sp³-hybridized carbons (Fsp3) is 1.00. The zero-order valence-electron chi connectivity index (χ0n) is 25.0. The average Bonchev–Trinajstić information content (AvgIpc) is 3.30. The molecule has 22 N–H and O–H groups in total. The summed E-state index contributed by atoms with van der Waals surface area (Å²) in [5, 5.41) is 73.0. The molecule has 4 fully saturated rings. The van der Waals surface area contributed by atoms with E-state index >= 15 is 0 Å². The second-order valence-electron chi connectivity index (χ2n) is 11.8. The summed E-state index contributed by atoms with van der Waals surface area (Å²) in [6.45, 7) is -0.967. The van der Waals surface area contributed by atoms with Gasteiger partial charge in [-0.25, -0.2) is 4.57 Å². The topological polar surface area (TPSA) is 431 Å². The Hall–Kier alpha value is -0.650.